The summed E-state index contributed by atoms with van der Waals surface area (Å²) in [5.74, 6) is 0.518. The maximum atomic E-state index is 9.89. The summed E-state index contributed by atoms with van der Waals surface area (Å²) in [6.07, 6.45) is 0.814. The Kier molecular flexibility index (Phi) is 5.85. The van der Waals surface area contributed by atoms with Gasteiger partial charge in [-0.15, -0.1) is 0 Å². The first-order valence-electron chi connectivity index (χ1n) is 4.60. The minimum Gasteiger partial charge on any atom is -0.389 e. The lowest BCUT2D eigenvalue weighted by Gasteiger charge is -2.25. The summed E-state index contributed by atoms with van der Waals surface area (Å²) in [7, 11) is 0. The van der Waals surface area contributed by atoms with Crippen molar-refractivity contribution >= 4 is 15.9 Å². The molecule has 3 heteroatoms. The van der Waals surface area contributed by atoms with E-state index in [-0.39, 0.29) is 0 Å². The second-order valence-electron chi connectivity index (χ2n) is 4.22. The van der Waals surface area contributed by atoms with Crippen LogP contribution >= 0.6 is 15.9 Å². The van der Waals surface area contributed by atoms with Gasteiger partial charge in [-0.3, -0.25) is 0 Å². The van der Waals surface area contributed by atoms with E-state index in [1.807, 2.05) is 6.92 Å². The highest BCUT2D eigenvalue weighted by Crippen LogP contribution is 2.15. The van der Waals surface area contributed by atoms with E-state index in [0.29, 0.717) is 19.0 Å². The summed E-state index contributed by atoms with van der Waals surface area (Å²) in [6, 6.07) is 0. The van der Waals surface area contributed by atoms with Crippen molar-refractivity contribution in [3.05, 3.63) is 11.1 Å². The molecule has 0 radical (unpaired) electrons. The van der Waals surface area contributed by atoms with Crippen LogP contribution in [-0.4, -0.2) is 23.8 Å². The van der Waals surface area contributed by atoms with Crippen LogP contribution in [0.1, 0.15) is 27.2 Å². The summed E-state index contributed by atoms with van der Waals surface area (Å²) < 4.78 is 0.910. The first-order valence-corrected chi connectivity index (χ1v) is 5.39. The molecule has 0 aromatic carbocycles. The van der Waals surface area contributed by atoms with Crippen molar-refractivity contribution in [2.75, 3.05) is 13.1 Å². The Balaban J connectivity index is 3.68. The Hall–Kier alpha value is 0.140. The fourth-order valence-electron chi connectivity index (χ4n) is 1.42. The molecule has 1 unspecified atom stereocenters. The minimum absolute atomic E-state index is 0.518. The van der Waals surface area contributed by atoms with Gasteiger partial charge in [0.2, 0.25) is 0 Å². The fourth-order valence-corrected chi connectivity index (χ4v) is 1.62. The van der Waals surface area contributed by atoms with Gasteiger partial charge in [-0.05, 0) is 19.3 Å². The highest BCUT2D eigenvalue weighted by Gasteiger charge is 2.20. The molecular weight excluding hydrogens is 230 g/mol. The minimum atomic E-state index is -0.614. The maximum absolute atomic E-state index is 9.89. The Morgan fingerprint density at radius 3 is 2.54 bits per heavy atom. The summed E-state index contributed by atoms with van der Waals surface area (Å²) >= 11 is 3.25. The van der Waals surface area contributed by atoms with E-state index >= 15 is 0 Å². The smallest absolute Gasteiger partial charge is 0.0746 e. The number of rotatable bonds is 6. The van der Waals surface area contributed by atoms with E-state index in [0.717, 1.165) is 10.9 Å². The second kappa shape index (κ2) is 5.78. The van der Waals surface area contributed by atoms with Gasteiger partial charge < -0.3 is 10.4 Å². The molecule has 0 heterocycles. The summed E-state index contributed by atoms with van der Waals surface area (Å²) in [4.78, 5) is 0. The summed E-state index contributed by atoms with van der Waals surface area (Å²) in [5.41, 5.74) is -0.614. The lowest BCUT2D eigenvalue weighted by molar-refractivity contribution is 0.0395. The average molecular weight is 250 g/mol. The Morgan fingerprint density at radius 2 is 2.15 bits per heavy atom. The number of aliphatic hydroxyl groups is 1. The molecule has 0 aliphatic carbocycles. The lowest BCUT2D eigenvalue weighted by atomic mass is 9.94. The third-order valence-corrected chi connectivity index (χ3v) is 1.95. The average Bonchev–Trinajstić information content (AvgIpc) is 1.81. The van der Waals surface area contributed by atoms with E-state index in [9.17, 15) is 5.11 Å². The van der Waals surface area contributed by atoms with Gasteiger partial charge >= 0.3 is 0 Å². The van der Waals surface area contributed by atoms with Crippen molar-refractivity contribution in [2.45, 2.75) is 32.8 Å². The first-order chi connectivity index (χ1) is 5.83. The van der Waals surface area contributed by atoms with Crippen molar-refractivity contribution in [2.24, 2.45) is 5.92 Å². The molecule has 2 nitrogen and oxygen atoms in total. The van der Waals surface area contributed by atoms with E-state index in [2.05, 4.69) is 41.7 Å². The van der Waals surface area contributed by atoms with E-state index < -0.39 is 5.60 Å². The number of nitrogens with one attached hydrogen (secondary N) is 1. The molecule has 1 atom stereocenters. The van der Waals surface area contributed by atoms with Crippen molar-refractivity contribution in [3.63, 3.8) is 0 Å². The van der Waals surface area contributed by atoms with Crippen LogP contribution in [-0.2, 0) is 0 Å². The Bertz CT molecular complexity index is 166. The summed E-state index contributed by atoms with van der Waals surface area (Å²) in [6.45, 7) is 11.1. The SMILES string of the molecule is C=C(Br)CNCC(C)(O)CC(C)C. The van der Waals surface area contributed by atoms with Crippen LogP contribution < -0.4 is 5.32 Å². The standard InChI is InChI=1S/C10H20BrNO/c1-8(2)5-10(4,13)7-12-6-9(3)11/h8,12-13H,3,5-7H2,1-2,4H3. The summed E-state index contributed by atoms with van der Waals surface area (Å²) in [5, 5.41) is 13.0. The van der Waals surface area contributed by atoms with Crippen LogP contribution in [0.3, 0.4) is 0 Å². The van der Waals surface area contributed by atoms with Gasteiger partial charge in [0.15, 0.2) is 0 Å². The largest absolute Gasteiger partial charge is 0.389 e. The van der Waals surface area contributed by atoms with Crippen molar-refractivity contribution in [1.82, 2.24) is 5.32 Å². The van der Waals surface area contributed by atoms with Crippen LogP contribution in [0.15, 0.2) is 11.1 Å². The molecule has 0 saturated heterocycles. The third kappa shape index (κ3) is 8.47. The third-order valence-electron chi connectivity index (χ3n) is 1.67. The molecule has 0 rings (SSSR count). The molecule has 0 saturated carbocycles. The van der Waals surface area contributed by atoms with Gasteiger partial charge in [-0.2, -0.15) is 0 Å². The van der Waals surface area contributed by atoms with Gasteiger partial charge in [-0.25, -0.2) is 0 Å². The molecule has 0 amide bonds. The molecule has 0 aromatic heterocycles. The number of hydrogen-bond donors (Lipinski definition) is 2. The molecule has 0 spiro atoms. The van der Waals surface area contributed by atoms with Gasteiger partial charge in [0.25, 0.3) is 0 Å². The van der Waals surface area contributed by atoms with Crippen LogP contribution in [0.2, 0.25) is 0 Å². The number of halogens is 1. The normalized spacial score (nSPS) is 15.8. The first kappa shape index (κ1) is 13.1. The van der Waals surface area contributed by atoms with E-state index in [1.165, 1.54) is 0 Å². The van der Waals surface area contributed by atoms with Crippen LogP contribution in [0.25, 0.3) is 0 Å². The van der Waals surface area contributed by atoms with Crippen molar-refractivity contribution in [3.8, 4) is 0 Å². The van der Waals surface area contributed by atoms with Crippen LogP contribution in [0, 0.1) is 5.92 Å². The number of hydrogen-bond acceptors (Lipinski definition) is 2. The molecule has 2 N–H and O–H groups in total. The van der Waals surface area contributed by atoms with Gasteiger partial charge in [0.05, 0.1) is 5.60 Å². The lowest BCUT2D eigenvalue weighted by Crippen LogP contribution is -2.39. The fraction of sp³-hybridized carbons (Fsp3) is 0.800. The van der Waals surface area contributed by atoms with E-state index in [4.69, 9.17) is 0 Å². The zero-order valence-electron chi connectivity index (χ0n) is 8.73. The quantitative estimate of drug-likeness (QED) is 0.758. The molecule has 0 aliphatic rings. The predicted molar refractivity (Wildman–Crippen MR) is 61.0 cm³/mol. The molecule has 0 bridgehead atoms. The molecule has 0 aliphatic heterocycles. The monoisotopic (exact) mass is 249 g/mol. The van der Waals surface area contributed by atoms with Gasteiger partial charge in [-0.1, -0.05) is 36.4 Å². The molecular formula is C10H20BrNO. The topological polar surface area (TPSA) is 32.3 Å². The highest BCUT2D eigenvalue weighted by atomic mass is 79.9. The Labute approximate surface area is 89.5 Å². The van der Waals surface area contributed by atoms with Gasteiger partial charge in [0, 0.05) is 17.6 Å². The van der Waals surface area contributed by atoms with Gasteiger partial charge in [0.1, 0.15) is 0 Å². The van der Waals surface area contributed by atoms with Crippen molar-refractivity contribution < 1.29 is 5.11 Å². The predicted octanol–water partition coefficient (Wildman–Crippen LogP) is 2.28. The van der Waals surface area contributed by atoms with Crippen LogP contribution in [0.4, 0.5) is 0 Å². The van der Waals surface area contributed by atoms with E-state index in [1.54, 1.807) is 0 Å². The molecule has 13 heavy (non-hydrogen) atoms. The zero-order chi connectivity index (χ0) is 10.5. The molecule has 0 aromatic rings. The highest BCUT2D eigenvalue weighted by molar-refractivity contribution is 9.11. The second-order valence-corrected chi connectivity index (χ2v) is 5.34. The Morgan fingerprint density at radius 1 is 1.62 bits per heavy atom. The molecule has 0 fully saturated rings. The maximum Gasteiger partial charge on any atom is 0.0746 e. The van der Waals surface area contributed by atoms with Crippen LogP contribution in [0.5, 0.6) is 0 Å². The van der Waals surface area contributed by atoms with Crippen molar-refractivity contribution in [1.29, 1.82) is 0 Å². The zero-order valence-corrected chi connectivity index (χ0v) is 10.3. The molecule has 78 valence electrons.